The molecule has 118 valence electrons. The largest absolute Gasteiger partial charge is 0.478 e. The Bertz CT molecular complexity index is 571. The van der Waals surface area contributed by atoms with Crippen LogP contribution in [-0.4, -0.2) is 30.1 Å². The summed E-state index contributed by atoms with van der Waals surface area (Å²) in [5, 5.41) is 15.4. The van der Waals surface area contributed by atoms with Gasteiger partial charge in [-0.05, 0) is 55.8 Å². The third-order valence-electron chi connectivity index (χ3n) is 5.09. The van der Waals surface area contributed by atoms with E-state index in [1.807, 2.05) is 0 Å². The van der Waals surface area contributed by atoms with Gasteiger partial charge in [0, 0.05) is 12.5 Å². The number of nitrogens with one attached hydrogen (secondary N) is 2. The van der Waals surface area contributed by atoms with E-state index in [9.17, 15) is 9.59 Å². The fourth-order valence-electron chi connectivity index (χ4n) is 3.75. The summed E-state index contributed by atoms with van der Waals surface area (Å²) in [7, 11) is 0. The zero-order valence-electron chi connectivity index (χ0n) is 12.6. The van der Waals surface area contributed by atoms with Gasteiger partial charge in [0.25, 0.3) is 0 Å². The molecule has 0 bridgehead atoms. The number of piperidine rings is 1. The number of carboxylic acid groups (broad SMARTS) is 1. The van der Waals surface area contributed by atoms with Crippen LogP contribution >= 0.6 is 0 Å². The van der Waals surface area contributed by atoms with Gasteiger partial charge in [0.2, 0.25) is 5.91 Å². The van der Waals surface area contributed by atoms with Crippen molar-refractivity contribution in [3.05, 3.63) is 35.4 Å². The number of hydrogen-bond acceptors (Lipinski definition) is 3. The molecule has 1 saturated carbocycles. The molecule has 0 aromatic heterocycles. The molecule has 5 heteroatoms. The zero-order chi connectivity index (χ0) is 15.6. The zero-order valence-corrected chi connectivity index (χ0v) is 12.6. The lowest BCUT2D eigenvalue weighted by Gasteiger charge is -2.49. The molecule has 0 radical (unpaired) electrons. The molecule has 1 saturated heterocycles. The average Bonchev–Trinajstić information content (AvgIpc) is 2.51. The molecule has 2 aliphatic rings. The van der Waals surface area contributed by atoms with Gasteiger partial charge in [0.05, 0.1) is 5.56 Å². The monoisotopic (exact) mass is 302 g/mol. The van der Waals surface area contributed by atoms with E-state index < -0.39 is 5.97 Å². The number of carbonyl (C=O) groups excluding carboxylic acids is 1. The summed E-state index contributed by atoms with van der Waals surface area (Å²) in [4.78, 5) is 23.4. The van der Waals surface area contributed by atoms with E-state index in [-0.39, 0.29) is 23.9 Å². The molecule has 1 amide bonds. The van der Waals surface area contributed by atoms with Crippen LogP contribution < -0.4 is 10.6 Å². The van der Waals surface area contributed by atoms with E-state index in [1.54, 1.807) is 24.3 Å². The molecule has 1 aliphatic carbocycles. The second-order valence-corrected chi connectivity index (χ2v) is 6.54. The minimum absolute atomic E-state index is 0.0596. The number of aromatic carboxylic acids is 1. The SMILES string of the molecule is O=C(O)c1ccccc1CNC(=O)C1CC2(CCNCC2)C1. The van der Waals surface area contributed by atoms with Gasteiger partial charge in [-0.15, -0.1) is 0 Å². The number of carbonyl (C=O) groups is 2. The normalized spacial score (nSPS) is 20.4. The van der Waals surface area contributed by atoms with Gasteiger partial charge in [0.1, 0.15) is 0 Å². The molecular weight excluding hydrogens is 280 g/mol. The van der Waals surface area contributed by atoms with E-state index in [4.69, 9.17) is 5.11 Å². The summed E-state index contributed by atoms with van der Waals surface area (Å²) in [5.74, 6) is -0.804. The molecule has 1 aromatic rings. The van der Waals surface area contributed by atoms with Crippen LogP contribution in [0, 0.1) is 11.3 Å². The second kappa shape index (κ2) is 6.08. The number of benzene rings is 1. The quantitative estimate of drug-likeness (QED) is 0.792. The Morgan fingerprint density at radius 1 is 1.23 bits per heavy atom. The first kappa shape index (κ1) is 15.0. The van der Waals surface area contributed by atoms with E-state index >= 15 is 0 Å². The minimum Gasteiger partial charge on any atom is -0.478 e. The Kier molecular flexibility index (Phi) is 4.16. The standard InChI is InChI=1S/C17H22N2O3/c20-15(13-9-17(10-13)5-7-18-8-6-17)19-11-12-3-1-2-4-14(12)16(21)22/h1-4,13,18H,5-11H2,(H,19,20)(H,21,22). The van der Waals surface area contributed by atoms with E-state index in [1.165, 1.54) is 12.8 Å². The number of amides is 1. The van der Waals surface area contributed by atoms with Gasteiger partial charge in [-0.3, -0.25) is 4.79 Å². The molecule has 0 unspecified atom stereocenters. The molecule has 0 atom stereocenters. The Morgan fingerprint density at radius 3 is 2.59 bits per heavy atom. The third-order valence-corrected chi connectivity index (χ3v) is 5.09. The third kappa shape index (κ3) is 2.99. The maximum Gasteiger partial charge on any atom is 0.336 e. The maximum atomic E-state index is 12.2. The van der Waals surface area contributed by atoms with Crippen LogP contribution in [0.2, 0.25) is 0 Å². The lowest BCUT2D eigenvalue weighted by molar-refractivity contribution is -0.134. The first-order valence-corrected chi connectivity index (χ1v) is 7.89. The summed E-state index contributed by atoms with van der Waals surface area (Å²) < 4.78 is 0. The molecule has 1 spiro atoms. The predicted molar refractivity (Wildman–Crippen MR) is 82.5 cm³/mol. The molecule has 2 fully saturated rings. The Balaban J connectivity index is 1.53. The minimum atomic E-state index is -0.956. The van der Waals surface area contributed by atoms with E-state index in [2.05, 4.69) is 10.6 Å². The number of carboxylic acids is 1. The van der Waals surface area contributed by atoms with Gasteiger partial charge in [-0.2, -0.15) is 0 Å². The van der Waals surface area contributed by atoms with Gasteiger partial charge in [-0.25, -0.2) is 4.79 Å². The Morgan fingerprint density at radius 2 is 1.91 bits per heavy atom. The van der Waals surface area contributed by atoms with Crippen LogP contribution in [-0.2, 0) is 11.3 Å². The summed E-state index contributed by atoms with van der Waals surface area (Å²) in [6.45, 7) is 2.40. The fourth-order valence-corrected chi connectivity index (χ4v) is 3.75. The van der Waals surface area contributed by atoms with Crippen molar-refractivity contribution in [2.24, 2.45) is 11.3 Å². The molecule has 3 rings (SSSR count). The van der Waals surface area contributed by atoms with Crippen molar-refractivity contribution in [3.8, 4) is 0 Å². The number of rotatable bonds is 4. The van der Waals surface area contributed by atoms with Crippen molar-refractivity contribution < 1.29 is 14.7 Å². The van der Waals surface area contributed by atoms with Gasteiger partial charge >= 0.3 is 5.97 Å². The summed E-state index contributed by atoms with van der Waals surface area (Å²) >= 11 is 0. The van der Waals surface area contributed by atoms with Crippen LogP contribution in [0.25, 0.3) is 0 Å². The highest BCUT2D eigenvalue weighted by molar-refractivity contribution is 5.89. The van der Waals surface area contributed by atoms with Crippen LogP contribution in [0.1, 0.15) is 41.6 Å². The topological polar surface area (TPSA) is 78.4 Å². The van der Waals surface area contributed by atoms with Crippen molar-refractivity contribution in [2.75, 3.05) is 13.1 Å². The van der Waals surface area contributed by atoms with Gasteiger partial charge in [0.15, 0.2) is 0 Å². The van der Waals surface area contributed by atoms with Crippen molar-refractivity contribution >= 4 is 11.9 Å². The van der Waals surface area contributed by atoms with Crippen molar-refractivity contribution in [1.29, 1.82) is 0 Å². The fraction of sp³-hybridized carbons (Fsp3) is 0.529. The molecule has 5 nitrogen and oxygen atoms in total. The summed E-state index contributed by atoms with van der Waals surface area (Å²) in [6, 6.07) is 6.80. The first-order valence-electron chi connectivity index (χ1n) is 7.89. The molecule has 1 aliphatic heterocycles. The predicted octanol–water partition coefficient (Wildman–Crippen LogP) is 1.78. The van der Waals surface area contributed by atoms with Crippen LogP contribution in [0.5, 0.6) is 0 Å². The smallest absolute Gasteiger partial charge is 0.336 e. The van der Waals surface area contributed by atoms with Crippen molar-refractivity contribution in [1.82, 2.24) is 10.6 Å². The lowest BCUT2D eigenvalue weighted by Crippen LogP contribution is -2.50. The first-order chi connectivity index (χ1) is 10.6. The summed E-state index contributed by atoms with van der Waals surface area (Å²) in [6.07, 6.45) is 4.28. The lowest BCUT2D eigenvalue weighted by atomic mass is 9.57. The highest BCUT2D eigenvalue weighted by Gasteiger charge is 2.47. The summed E-state index contributed by atoms with van der Waals surface area (Å²) in [5.41, 5.74) is 1.29. The van der Waals surface area contributed by atoms with Crippen LogP contribution in [0.4, 0.5) is 0 Å². The Hall–Kier alpha value is -1.88. The van der Waals surface area contributed by atoms with Crippen molar-refractivity contribution in [2.45, 2.75) is 32.2 Å². The van der Waals surface area contributed by atoms with Gasteiger partial charge < -0.3 is 15.7 Å². The molecule has 1 aromatic carbocycles. The van der Waals surface area contributed by atoms with Gasteiger partial charge in [-0.1, -0.05) is 18.2 Å². The molecular formula is C17H22N2O3. The van der Waals surface area contributed by atoms with E-state index in [0.717, 1.165) is 25.9 Å². The van der Waals surface area contributed by atoms with Crippen LogP contribution in [0.15, 0.2) is 24.3 Å². The van der Waals surface area contributed by atoms with E-state index in [0.29, 0.717) is 11.0 Å². The molecule has 22 heavy (non-hydrogen) atoms. The number of hydrogen-bond donors (Lipinski definition) is 3. The Labute approximate surface area is 130 Å². The average molecular weight is 302 g/mol. The highest BCUT2D eigenvalue weighted by atomic mass is 16.4. The van der Waals surface area contributed by atoms with Crippen molar-refractivity contribution in [3.63, 3.8) is 0 Å². The highest BCUT2D eigenvalue weighted by Crippen LogP contribution is 2.51. The molecule has 1 heterocycles. The second-order valence-electron chi connectivity index (χ2n) is 6.54. The van der Waals surface area contributed by atoms with Crippen LogP contribution in [0.3, 0.4) is 0 Å². The maximum absolute atomic E-state index is 12.2. The molecule has 3 N–H and O–H groups in total.